The van der Waals surface area contributed by atoms with Crippen molar-refractivity contribution in [1.82, 2.24) is 4.90 Å². The van der Waals surface area contributed by atoms with Gasteiger partial charge in [0.1, 0.15) is 0 Å². The molecule has 0 bridgehead atoms. The lowest BCUT2D eigenvalue weighted by atomic mass is 10.0. The number of carbonyl (C=O) groups is 2. The van der Waals surface area contributed by atoms with Gasteiger partial charge in [0.15, 0.2) is 0 Å². The summed E-state index contributed by atoms with van der Waals surface area (Å²) in [5.41, 5.74) is 2.45. The third-order valence-electron chi connectivity index (χ3n) is 5.21. The summed E-state index contributed by atoms with van der Waals surface area (Å²) >= 11 is 0. The Bertz CT molecular complexity index is 895. The number of hydrogen-bond acceptors (Lipinski definition) is 4. The maximum atomic E-state index is 12.7. The van der Waals surface area contributed by atoms with E-state index in [9.17, 15) is 19.7 Å². The minimum atomic E-state index is -0.440. The zero-order valence-electron chi connectivity index (χ0n) is 16.0. The molecule has 146 valence electrons. The van der Waals surface area contributed by atoms with E-state index in [4.69, 9.17) is 0 Å². The predicted octanol–water partition coefficient (Wildman–Crippen LogP) is 3.48. The number of benzene rings is 2. The third-order valence-corrected chi connectivity index (χ3v) is 5.21. The second-order valence-corrected chi connectivity index (χ2v) is 7.02. The highest BCUT2D eigenvalue weighted by Gasteiger charge is 2.22. The van der Waals surface area contributed by atoms with Gasteiger partial charge in [0.05, 0.1) is 17.4 Å². The van der Waals surface area contributed by atoms with Crippen molar-refractivity contribution in [3.8, 4) is 0 Å². The summed E-state index contributed by atoms with van der Waals surface area (Å²) in [6.45, 7) is 2.58. The Morgan fingerprint density at radius 1 is 1.25 bits per heavy atom. The van der Waals surface area contributed by atoms with Crippen LogP contribution in [0.15, 0.2) is 48.5 Å². The molecule has 3 rings (SSSR count). The number of anilines is 1. The van der Waals surface area contributed by atoms with Gasteiger partial charge < -0.3 is 9.80 Å². The van der Waals surface area contributed by atoms with Gasteiger partial charge in [-0.25, -0.2) is 0 Å². The van der Waals surface area contributed by atoms with Crippen molar-refractivity contribution in [2.75, 3.05) is 18.5 Å². The van der Waals surface area contributed by atoms with Gasteiger partial charge in [0, 0.05) is 37.8 Å². The van der Waals surface area contributed by atoms with E-state index in [1.54, 1.807) is 29.0 Å². The molecule has 0 aliphatic carbocycles. The molecule has 7 nitrogen and oxygen atoms in total. The van der Waals surface area contributed by atoms with E-state index in [-0.39, 0.29) is 30.0 Å². The molecule has 0 radical (unpaired) electrons. The van der Waals surface area contributed by atoms with Gasteiger partial charge in [-0.3, -0.25) is 19.7 Å². The number of nitro groups is 1. The Morgan fingerprint density at radius 2 is 1.96 bits per heavy atom. The highest BCUT2D eigenvalue weighted by molar-refractivity contribution is 5.95. The number of likely N-dealkylation sites (N-methyl/N-ethyl adjacent to an activating group) is 1. The van der Waals surface area contributed by atoms with E-state index in [0.29, 0.717) is 12.0 Å². The van der Waals surface area contributed by atoms with Crippen LogP contribution >= 0.6 is 0 Å². The second kappa shape index (κ2) is 8.21. The normalized spacial score (nSPS) is 14.8. The Balaban J connectivity index is 1.66. The number of nitrogens with zero attached hydrogens (tertiary/aromatic N) is 3. The van der Waals surface area contributed by atoms with E-state index < -0.39 is 4.92 Å². The molecular formula is C21H23N3O4. The molecule has 1 aliphatic heterocycles. The molecule has 7 heteroatoms. The summed E-state index contributed by atoms with van der Waals surface area (Å²) < 4.78 is 0. The molecule has 1 atom stereocenters. The average Bonchev–Trinajstić information content (AvgIpc) is 3.13. The highest BCUT2D eigenvalue weighted by Crippen LogP contribution is 2.25. The molecule has 1 saturated heterocycles. The summed E-state index contributed by atoms with van der Waals surface area (Å²) in [5.74, 6) is 0.0540. The first-order chi connectivity index (χ1) is 13.4. The van der Waals surface area contributed by atoms with Crippen LogP contribution in [0, 0.1) is 10.1 Å². The number of carbonyl (C=O) groups excluding carboxylic acids is 2. The van der Waals surface area contributed by atoms with E-state index in [0.717, 1.165) is 24.2 Å². The number of hydrogen-bond donors (Lipinski definition) is 0. The maximum Gasteiger partial charge on any atom is 0.269 e. The van der Waals surface area contributed by atoms with Crippen molar-refractivity contribution < 1.29 is 14.5 Å². The molecule has 2 aromatic rings. The SMILES string of the molecule is C[C@@H](c1cccc([N+](=O)[O-])c1)N(C)C(=O)Cc1ccc(N2CCCC2=O)cc1. The van der Waals surface area contributed by atoms with Crippen LogP contribution in [0.3, 0.4) is 0 Å². The van der Waals surface area contributed by atoms with Crippen molar-refractivity contribution >= 4 is 23.2 Å². The minimum Gasteiger partial charge on any atom is -0.339 e. The zero-order valence-corrected chi connectivity index (χ0v) is 16.0. The largest absolute Gasteiger partial charge is 0.339 e. The van der Waals surface area contributed by atoms with Gasteiger partial charge in [-0.15, -0.1) is 0 Å². The van der Waals surface area contributed by atoms with Crippen LogP contribution in [-0.4, -0.2) is 35.2 Å². The number of amides is 2. The summed E-state index contributed by atoms with van der Waals surface area (Å²) in [6, 6.07) is 13.5. The molecule has 0 unspecified atom stereocenters. The van der Waals surface area contributed by atoms with E-state index in [1.165, 1.54) is 12.1 Å². The average molecular weight is 381 g/mol. The first-order valence-corrected chi connectivity index (χ1v) is 9.26. The summed E-state index contributed by atoms with van der Waals surface area (Å²) in [6.07, 6.45) is 1.68. The van der Waals surface area contributed by atoms with Crippen molar-refractivity contribution in [2.45, 2.75) is 32.2 Å². The molecule has 28 heavy (non-hydrogen) atoms. The third kappa shape index (κ3) is 4.19. The molecule has 1 heterocycles. The van der Waals surface area contributed by atoms with Crippen LogP contribution < -0.4 is 4.90 Å². The standard InChI is InChI=1S/C21H23N3O4/c1-15(17-5-3-6-19(14-17)24(27)28)22(2)21(26)13-16-8-10-18(11-9-16)23-12-4-7-20(23)25/h3,5-6,8-11,14-15H,4,7,12-13H2,1-2H3/t15-/m0/s1. The van der Waals surface area contributed by atoms with Crippen molar-refractivity contribution in [3.63, 3.8) is 0 Å². The van der Waals surface area contributed by atoms with Crippen LogP contribution in [0.2, 0.25) is 0 Å². The minimum absolute atomic E-state index is 0.0113. The molecule has 1 aliphatic rings. The molecule has 0 spiro atoms. The van der Waals surface area contributed by atoms with Gasteiger partial charge in [0.25, 0.3) is 5.69 Å². The van der Waals surface area contributed by atoms with Gasteiger partial charge in [-0.1, -0.05) is 24.3 Å². The smallest absolute Gasteiger partial charge is 0.269 e. The molecular weight excluding hydrogens is 358 g/mol. The highest BCUT2D eigenvalue weighted by atomic mass is 16.6. The van der Waals surface area contributed by atoms with Gasteiger partial charge >= 0.3 is 0 Å². The number of nitro benzene ring substituents is 1. The van der Waals surface area contributed by atoms with Crippen molar-refractivity contribution in [2.24, 2.45) is 0 Å². The Morgan fingerprint density at radius 3 is 2.57 bits per heavy atom. The Labute approximate surface area is 163 Å². The lowest BCUT2D eigenvalue weighted by molar-refractivity contribution is -0.384. The fourth-order valence-corrected chi connectivity index (χ4v) is 3.35. The summed E-state index contributed by atoms with van der Waals surface area (Å²) in [4.78, 5) is 38.4. The fourth-order valence-electron chi connectivity index (χ4n) is 3.35. The van der Waals surface area contributed by atoms with Gasteiger partial charge in [0.2, 0.25) is 11.8 Å². The van der Waals surface area contributed by atoms with Crippen LogP contribution in [0.25, 0.3) is 0 Å². The summed E-state index contributed by atoms with van der Waals surface area (Å²) in [5, 5.41) is 11.0. The topological polar surface area (TPSA) is 83.8 Å². The maximum absolute atomic E-state index is 12.7. The van der Waals surface area contributed by atoms with Crippen LogP contribution in [0.4, 0.5) is 11.4 Å². The second-order valence-electron chi connectivity index (χ2n) is 7.02. The quantitative estimate of drug-likeness (QED) is 0.566. The molecule has 2 amide bonds. The van der Waals surface area contributed by atoms with Gasteiger partial charge in [-0.2, -0.15) is 0 Å². The molecule has 0 aromatic heterocycles. The predicted molar refractivity (Wildman–Crippen MR) is 106 cm³/mol. The van der Waals surface area contributed by atoms with Crippen molar-refractivity contribution in [1.29, 1.82) is 0 Å². The van der Waals surface area contributed by atoms with Crippen molar-refractivity contribution in [3.05, 3.63) is 69.8 Å². The fraction of sp³-hybridized carbons (Fsp3) is 0.333. The van der Waals surface area contributed by atoms with E-state index in [1.807, 2.05) is 31.2 Å². The number of non-ortho nitro benzene ring substituents is 1. The van der Waals surface area contributed by atoms with E-state index >= 15 is 0 Å². The monoisotopic (exact) mass is 381 g/mol. The first-order valence-electron chi connectivity index (χ1n) is 9.26. The van der Waals surface area contributed by atoms with Gasteiger partial charge in [-0.05, 0) is 36.6 Å². The molecule has 0 N–H and O–H groups in total. The Kier molecular flexibility index (Phi) is 5.73. The Hall–Kier alpha value is -3.22. The lowest BCUT2D eigenvalue weighted by Gasteiger charge is -2.25. The summed E-state index contributed by atoms with van der Waals surface area (Å²) in [7, 11) is 1.70. The molecule has 0 saturated carbocycles. The van der Waals surface area contributed by atoms with Crippen LogP contribution in [0.5, 0.6) is 0 Å². The van der Waals surface area contributed by atoms with Crippen LogP contribution in [0.1, 0.15) is 36.9 Å². The zero-order chi connectivity index (χ0) is 20.3. The number of rotatable bonds is 6. The van der Waals surface area contributed by atoms with Crippen LogP contribution in [-0.2, 0) is 16.0 Å². The lowest BCUT2D eigenvalue weighted by Crippen LogP contribution is -2.31. The molecule has 1 fully saturated rings. The first kappa shape index (κ1) is 19.5. The van der Waals surface area contributed by atoms with E-state index in [2.05, 4.69) is 0 Å². The molecule has 2 aromatic carbocycles.